The summed E-state index contributed by atoms with van der Waals surface area (Å²) in [4.78, 5) is 24.0. The van der Waals surface area contributed by atoms with Crippen molar-refractivity contribution >= 4 is 11.9 Å². The summed E-state index contributed by atoms with van der Waals surface area (Å²) in [7, 11) is 1.60. The fourth-order valence-electron chi connectivity index (χ4n) is 2.78. The van der Waals surface area contributed by atoms with E-state index in [0.29, 0.717) is 37.4 Å². The van der Waals surface area contributed by atoms with E-state index in [4.69, 9.17) is 9.47 Å². The lowest BCUT2D eigenvalue weighted by Crippen LogP contribution is -2.55. The molecule has 6 heteroatoms. The number of hydrogen-bond donors (Lipinski definition) is 2. The van der Waals surface area contributed by atoms with Crippen LogP contribution >= 0.6 is 0 Å². The molecule has 1 aliphatic rings. The fourth-order valence-corrected chi connectivity index (χ4v) is 2.78. The second kappa shape index (κ2) is 7.97. The topological polar surface area (TPSA) is 84.9 Å². The van der Waals surface area contributed by atoms with Crippen molar-refractivity contribution < 1.29 is 24.2 Å². The molecule has 1 saturated carbocycles. The lowest BCUT2D eigenvalue weighted by atomic mass is 9.81. The highest BCUT2D eigenvalue weighted by Crippen LogP contribution is 2.29. The number of carboxylic acid groups (broad SMARTS) is 1. The van der Waals surface area contributed by atoms with Gasteiger partial charge in [0.25, 0.3) is 5.91 Å². The molecule has 1 aliphatic carbocycles. The molecule has 0 radical (unpaired) electrons. The van der Waals surface area contributed by atoms with E-state index < -0.39 is 11.5 Å². The highest BCUT2D eigenvalue weighted by molar-refractivity contribution is 5.98. The molecule has 1 amide bonds. The highest BCUT2D eigenvalue weighted by Gasteiger charge is 2.41. The smallest absolute Gasteiger partial charge is 0.329 e. The van der Waals surface area contributed by atoms with Gasteiger partial charge in [-0.2, -0.15) is 0 Å². The van der Waals surface area contributed by atoms with Crippen molar-refractivity contribution in [2.24, 2.45) is 0 Å². The summed E-state index contributed by atoms with van der Waals surface area (Å²) in [5.41, 5.74) is -0.710. The Bertz CT molecular complexity index is 534. The Morgan fingerprint density at radius 1 is 1.13 bits per heavy atom. The van der Waals surface area contributed by atoms with E-state index in [9.17, 15) is 14.7 Å². The fraction of sp³-hybridized carbons (Fsp3) is 0.529. The summed E-state index contributed by atoms with van der Waals surface area (Å²) in [5, 5.41) is 12.2. The van der Waals surface area contributed by atoms with Gasteiger partial charge >= 0.3 is 5.97 Å². The Labute approximate surface area is 135 Å². The summed E-state index contributed by atoms with van der Waals surface area (Å²) in [6.07, 6.45) is 3.61. The molecule has 0 aliphatic heterocycles. The first-order valence-corrected chi connectivity index (χ1v) is 7.85. The average molecular weight is 321 g/mol. The van der Waals surface area contributed by atoms with Gasteiger partial charge in [-0.1, -0.05) is 19.3 Å². The van der Waals surface area contributed by atoms with Gasteiger partial charge in [0.05, 0.1) is 6.61 Å². The molecular weight excluding hydrogens is 298 g/mol. The van der Waals surface area contributed by atoms with E-state index in [-0.39, 0.29) is 5.91 Å². The van der Waals surface area contributed by atoms with Crippen LogP contribution in [0.4, 0.5) is 0 Å². The monoisotopic (exact) mass is 321 g/mol. The Kier molecular flexibility index (Phi) is 5.98. The zero-order valence-corrected chi connectivity index (χ0v) is 13.3. The summed E-state index contributed by atoms with van der Waals surface area (Å²) in [6.45, 7) is 0.924. The van der Waals surface area contributed by atoms with Crippen LogP contribution in [-0.2, 0) is 9.53 Å². The third-order valence-electron chi connectivity index (χ3n) is 4.14. The maximum absolute atomic E-state index is 12.4. The van der Waals surface area contributed by atoms with E-state index >= 15 is 0 Å². The number of benzene rings is 1. The molecular formula is C17H23NO5. The molecule has 1 fully saturated rings. The number of rotatable bonds is 7. The number of carbonyl (C=O) groups is 2. The van der Waals surface area contributed by atoms with Gasteiger partial charge in [0.1, 0.15) is 17.9 Å². The maximum atomic E-state index is 12.4. The molecule has 1 aromatic rings. The number of nitrogens with one attached hydrogen (secondary N) is 1. The summed E-state index contributed by atoms with van der Waals surface area (Å²) in [5.74, 6) is -0.674. The van der Waals surface area contributed by atoms with Crippen molar-refractivity contribution in [3.05, 3.63) is 29.8 Å². The van der Waals surface area contributed by atoms with Gasteiger partial charge < -0.3 is 19.9 Å². The normalized spacial score (nSPS) is 16.6. The number of carbonyl (C=O) groups excluding carboxylic acids is 1. The SMILES string of the molecule is COCCOc1ccc(C(=O)NC2(C(=O)O)CCCCC2)cc1. The van der Waals surface area contributed by atoms with Crippen LogP contribution in [0, 0.1) is 0 Å². The van der Waals surface area contributed by atoms with Gasteiger partial charge in [-0.05, 0) is 37.1 Å². The summed E-state index contributed by atoms with van der Waals surface area (Å²) < 4.78 is 10.3. The first-order valence-electron chi connectivity index (χ1n) is 7.85. The van der Waals surface area contributed by atoms with E-state index in [1.165, 1.54) is 0 Å². The summed E-state index contributed by atoms with van der Waals surface area (Å²) >= 11 is 0. The van der Waals surface area contributed by atoms with Gasteiger partial charge in [0.2, 0.25) is 0 Å². The Morgan fingerprint density at radius 3 is 2.35 bits per heavy atom. The number of hydrogen-bond acceptors (Lipinski definition) is 4. The zero-order chi connectivity index (χ0) is 16.7. The molecule has 0 spiro atoms. The Balaban J connectivity index is 2.00. The number of methoxy groups -OCH3 is 1. The van der Waals surface area contributed by atoms with Crippen molar-refractivity contribution in [1.29, 1.82) is 0 Å². The van der Waals surface area contributed by atoms with Crippen LogP contribution in [0.2, 0.25) is 0 Å². The van der Waals surface area contributed by atoms with Crippen LogP contribution < -0.4 is 10.1 Å². The van der Waals surface area contributed by atoms with E-state index in [1.54, 1.807) is 31.4 Å². The summed E-state index contributed by atoms with van der Waals surface area (Å²) in [6, 6.07) is 6.66. The number of carboxylic acids is 1. The third-order valence-corrected chi connectivity index (χ3v) is 4.14. The van der Waals surface area contributed by atoms with Crippen molar-refractivity contribution in [1.82, 2.24) is 5.32 Å². The second-order valence-corrected chi connectivity index (χ2v) is 5.77. The minimum absolute atomic E-state index is 0.363. The molecule has 23 heavy (non-hydrogen) atoms. The van der Waals surface area contributed by atoms with E-state index in [2.05, 4.69) is 5.32 Å². The van der Waals surface area contributed by atoms with Crippen LogP contribution in [0.1, 0.15) is 42.5 Å². The van der Waals surface area contributed by atoms with Gasteiger partial charge in [0.15, 0.2) is 0 Å². The highest BCUT2D eigenvalue weighted by atomic mass is 16.5. The van der Waals surface area contributed by atoms with E-state index in [0.717, 1.165) is 19.3 Å². The zero-order valence-electron chi connectivity index (χ0n) is 13.3. The molecule has 0 atom stereocenters. The molecule has 0 saturated heterocycles. The minimum Gasteiger partial charge on any atom is -0.491 e. The van der Waals surface area contributed by atoms with Gasteiger partial charge in [-0.3, -0.25) is 4.79 Å². The van der Waals surface area contributed by atoms with Gasteiger partial charge in [0, 0.05) is 12.7 Å². The maximum Gasteiger partial charge on any atom is 0.329 e. The molecule has 0 aromatic heterocycles. The number of aliphatic carboxylic acids is 1. The average Bonchev–Trinajstić information content (AvgIpc) is 2.56. The standard InChI is InChI=1S/C17H23NO5/c1-22-11-12-23-14-7-5-13(6-8-14)15(19)18-17(16(20)21)9-3-2-4-10-17/h5-8H,2-4,9-12H2,1H3,(H,18,19)(H,20,21). The predicted octanol–water partition coefficient (Wildman–Crippen LogP) is 2.23. The molecule has 1 aromatic carbocycles. The minimum atomic E-state index is -1.14. The van der Waals surface area contributed by atoms with Crippen molar-refractivity contribution in [3.8, 4) is 5.75 Å². The molecule has 2 N–H and O–H groups in total. The second-order valence-electron chi connectivity index (χ2n) is 5.77. The van der Waals surface area contributed by atoms with Crippen molar-refractivity contribution in [2.75, 3.05) is 20.3 Å². The predicted molar refractivity (Wildman–Crippen MR) is 84.7 cm³/mol. The lowest BCUT2D eigenvalue weighted by Gasteiger charge is -2.34. The van der Waals surface area contributed by atoms with E-state index in [1.807, 2.05) is 0 Å². The lowest BCUT2D eigenvalue weighted by molar-refractivity contribution is -0.145. The van der Waals surface area contributed by atoms with Gasteiger partial charge in [-0.15, -0.1) is 0 Å². The molecule has 0 unspecified atom stereocenters. The largest absolute Gasteiger partial charge is 0.491 e. The quantitative estimate of drug-likeness (QED) is 0.752. The molecule has 0 bridgehead atoms. The third kappa shape index (κ3) is 4.45. The molecule has 126 valence electrons. The first kappa shape index (κ1) is 17.3. The Morgan fingerprint density at radius 2 is 1.78 bits per heavy atom. The molecule has 6 nitrogen and oxygen atoms in total. The van der Waals surface area contributed by atoms with Crippen LogP contribution in [-0.4, -0.2) is 42.8 Å². The van der Waals surface area contributed by atoms with Crippen LogP contribution in [0.25, 0.3) is 0 Å². The number of ether oxygens (including phenoxy) is 2. The molecule has 2 rings (SSSR count). The van der Waals surface area contributed by atoms with Crippen LogP contribution in [0.15, 0.2) is 24.3 Å². The van der Waals surface area contributed by atoms with Crippen molar-refractivity contribution in [2.45, 2.75) is 37.6 Å². The Hall–Kier alpha value is -2.08. The number of amides is 1. The van der Waals surface area contributed by atoms with Crippen LogP contribution in [0.5, 0.6) is 5.75 Å². The van der Waals surface area contributed by atoms with Gasteiger partial charge in [-0.25, -0.2) is 4.79 Å². The van der Waals surface area contributed by atoms with Crippen molar-refractivity contribution in [3.63, 3.8) is 0 Å². The van der Waals surface area contributed by atoms with Crippen LogP contribution in [0.3, 0.4) is 0 Å². The molecule has 0 heterocycles. The first-order chi connectivity index (χ1) is 11.1.